The van der Waals surface area contributed by atoms with Crippen LogP contribution in [0.4, 0.5) is 17.1 Å². The molecule has 0 unspecified atom stereocenters. The number of hydrogen-bond donors (Lipinski definition) is 3. The Morgan fingerprint density at radius 2 is 1.75 bits per heavy atom. The van der Waals surface area contributed by atoms with Crippen LogP contribution in [-0.4, -0.2) is 48.8 Å². The van der Waals surface area contributed by atoms with Crippen molar-refractivity contribution in [1.29, 1.82) is 0 Å². The van der Waals surface area contributed by atoms with Crippen LogP contribution in [0.5, 0.6) is 5.75 Å². The average molecular weight is 565 g/mol. The summed E-state index contributed by atoms with van der Waals surface area (Å²) < 4.78 is 9.92. The van der Waals surface area contributed by atoms with Crippen LogP contribution in [0.2, 0.25) is 0 Å². The van der Waals surface area contributed by atoms with Gasteiger partial charge in [0.15, 0.2) is 5.69 Å². The van der Waals surface area contributed by atoms with E-state index in [-0.39, 0.29) is 28.2 Å². The fourth-order valence-electron chi connectivity index (χ4n) is 4.94. The normalized spacial score (nSPS) is 14.3. The summed E-state index contributed by atoms with van der Waals surface area (Å²) in [6.07, 6.45) is 4.98. The second-order valence-electron chi connectivity index (χ2n) is 9.95. The topological polar surface area (TPSA) is 144 Å². The van der Waals surface area contributed by atoms with E-state index in [1.54, 1.807) is 24.3 Å². The van der Waals surface area contributed by atoms with Crippen molar-refractivity contribution in [1.82, 2.24) is 9.69 Å². The molecule has 1 heterocycles. The van der Waals surface area contributed by atoms with Crippen molar-refractivity contribution in [2.75, 3.05) is 36.2 Å². The fourth-order valence-corrected chi connectivity index (χ4v) is 5.68. The maximum atomic E-state index is 14.4. The molecule has 0 radical (unpaired) electrons. The molecule has 3 amide bonds. The monoisotopic (exact) mass is 564 g/mol. The van der Waals surface area contributed by atoms with E-state index in [1.165, 1.54) is 4.90 Å². The van der Waals surface area contributed by atoms with E-state index >= 15 is 0 Å². The number of nitrogens with one attached hydrogen (secondary N) is 1. The maximum Gasteiger partial charge on any atom is 0.273 e. The molecule has 0 aliphatic heterocycles. The van der Waals surface area contributed by atoms with Crippen molar-refractivity contribution in [2.24, 2.45) is 5.73 Å². The van der Waals surface area contributed by atoms with E-state index in [4.69, 9.17) is 16.2 Å². The zero-order valence-corrected chi connectivity index (χ0v) is 23.9. The molecule has 1 aliphatic carbocycles. The highest BCUT2D eigenvalue weighted by molar-refractivity contribution is 7.09. The summed E-state index contributed by atoms with van der Waals surface area (Å²) in [6, 6.07) is 13.5. The lowest BCUT2D eigenvalue weighted by Gasteiger charge is -2.34. The Labute approximate surface area is 238 Å². The molecule has 40 heavy (non-hydrogen) atoms. The Kier molecular flexibility index (Phi) is 9.26. The number of rotatable bonds is 10. The molecule has 1 aromatic heterocycles. The molecule has 5 N–H and O–H groups in total. The van der Waals surface area contributed by atoms with Gasteiger partial charge in [-0.1, -0.05) is 43.5 Å². The van der Waals surface area contributed by atoms with Crippen LogP contribution in [0.15, 0.2) is 48.5 Å². The second-order valence-corrected chi connectivity index (χ2v) is 10.7. The van der Waals surface area contributed by atoms with E-state index in [2.05, 4.69) is 9.69 Å². The minimum atomic E-state index is -1.06. The maximum absolute atomic E-state index is 14.4. The smallest absolute Gasteiger partial charge is 0.273 e. The first-order valence-corrected chi connectivity index (χ1v) is 14.2. The van der Waals surface area contributed by atoms with Gasteiger partial charge in [0, 0.05) is 25.8 Å². The van der Waals surface area contributed by atoms with Gasteiger partial charge < -0.3 is 26.4 Å². The number of benzene rings is 2. The molecular weight excluding hydrogens is 528 g/mol. The number of anilines is 3. The Morgan fingerprint density at radius 3 is 2.35 bits per heavy atom. The molecule has 3 aromatic rings. The zero-order valence-electron chi connectivity index (χ0n) is 23.1. The Balaban J connectivity index is 1.89. The molecule has 0 bridgehead atoms. The predicted octanol–water partition coefficient (Wildman–Crippen LogP) is 4.13. The van der Waals surface area contributed by atoms with Crippen LogP contribution in [0, 0.1) is 0 Å². The van der Waals surface area contributed by atoms with Crippen LogP contribution in [0.1, 0.15) is 70.8 Å². The van der Waals surface area contributed by atoms with Crippen molar-refractivity contribution in [3.63, 3.8) is 0 Å². The lowest BCUT2D eigenvalue weighted by molar-refractivity contribution is -0.123. The van der Waals surface area contributed by atoms with E-state index in [1.807, 2.05) is 50.2 Å². The molecule has 212 valence electrons. The van der Waals surface area contributed by atoms with Gasteiger partial charge >= 0.3 is 0 Å². The summed E-state index contributed by atoms with van der Waals surface area (Å²) in [5.74, 6) is -1.31. The lowest BCUT2D eigenvalue weighted by Crippen LogP contribution is -2.47. The van der Waals surface area contributed by atoms with Crippen LogP contribution >= 0.6 is 11.5 Å². The van der Waals surface area contributed by atoms with E-state index in [0.717, 1.165) is 49.3 Å². The van der Waals surface area contributed by atoms with Gasteiger partial charge in [-0.3, -0.25) is 19.3 Å². The minimum Gasteiger partial charge on any atom is -0.492 e. The lowest BCUT2D eigenvalue weighted by atomic mass is 9.94. The Morgan fingerprint density at radius 1 is 1.07 bits per heavy atom. The molecule has 1 fully saturated rings. The number of primary amides is 1. The summed E-state index contributed by atoms with van der Waals surface area (Å²) in [5, 5.41) is 3.20. The number of ether oxygens (including phenoxy) is 1. The quantitative estimate of drug-likeness (QED) is 0.336. The van der Waals surface area contributed by atoms with Crippen LogP contribution in [0.25, 0.3) is 0 Å². The predicted molar refractivity (Wildman–Crippen MR) is 158 cm³/mol. The van der Waals surface area contributed by atoms with Gasteiger partial charge in [-0.2, -0.15) is 4.37 Å². The van der Waals surface area contributed by atoms with Crippen molar-refractivity contribution < 1.29 is 19.1 Å². The van der Waals surface area contributed by atoms with Crippen molar-refractivity contribution in [2.45, 2.75) is 51.1 Å². The number of aromatic nitrogens is 1. The highest BCUT2D eigenvalue weighted by atomic mass is 32.1. The number of para-hydroxylation sites is 2. The minimum absolute atomic E-state index is 0.0128. The summed E-state index contributed by atoms with van der Waals surface area (Å²) in [6.45, 7) is 2.19. The first-order chi connectivity index (χ1) is 19.2. The van der Waals surface area contributed by atoms with Crippen molar-refractivity contribution in [3.8, 4) is 5.75 Å². The molecule has 1 saturated carbocycles. The number of nitrogens with two attached hydrogens (primary N) is 2. The first-order valence-electron chi connectivity index (χ1n) is 13.4. The second kappa shape index (κ2) is 12.8. The SMILES string of the molecule is CCOc1ccccc1N(C(=O)c1snc(C(N)=O)c1N)[C@H](C(=O)NC1CCCCC1)c1ccc(N(C)C)cc1. The number of amides is 3. The van der Waals surface area contributed by atoms with Gasteiger partial charge in [0.2, 0.25) is 5.91 Å². The van der Waals surface area contributed by atoms with Gasteiger partial charge in [-0.15, -0.1) is 0 Å². The molecule has 2 aromatic carbocycles. The van der Waals surface area contributed by atoms with E-state index in [0.29, 0.717) is 23.6 Å². The van der Waals surface area contributed by atoms with E-state index in [9.17, 15) is 14.4 Å². The third kappa shape index (κ3) is 6.20. The summed E-state index contributed by atoms with van der Waals surface area (Å²) in [7, 11) is 3.86. The number of carbonyl (C=O) groups excluding carboxylic acids is 3. The largest absolute Gasteiger partial charge is 0.492 e. The average Bonchev–Trinajstić information content (AvgIpc) is 3.34. The Hall–Kier alpha value is -4.12. The molecular formula is C29H36N6O4S. The number of hydrogen-bond acceptors (Lipinski definition) is 8. The van der Waals surface area contributed by atoms with Gasteiger partial charge in [0.25, 0.3) is 11.8 Å². The molecule has 4 rings (SSSR count). The van der Waals surface area contributed by atoms with Gasteiger partial charge in [0.05, 0.1) is 18.0 Å². The van der Waals surface area contributed by atoms with Crippen molar-refractivity contribution in [3.05, 3.63) is 64.7 Å². The molecule has 11 heteroatoms. The number of nitrogens with zero attached hydrogens (tertiary/aromatic N) is 3. The highest BCUT2D eigenvalue weighted by Crippen LogP contribution is 2.38. The third-order valence-electron chi connectivity index (χ3n) is 6.98. The summed E-state index contributed by atoms with van der Waals surface area (Å²) in [5.41, 5.74) is 13.3. The molecule has 0 saturated heterocycles. The summed E-state index contributed by atoms with van der Waals surface area (Å²) >= 11 is 0.775. The highest BCUT2D eigenvalue weighted by Gasteiger charge is 2.38. The third-order valence-corrected chi connectivity index (χ3v) is 7.83. The van der Waals surface area contributed by atoms with Gasteiger partial charge in [0.1, 0.15) is 16.7 Å². The fraction of sp³-hybridized carbons (Fsp3) is 0.379. The van der Waals surface area contributed by atoms with Gasteiger partial charge in [-0.25, -0.2) is 0 Å². The standard InChI is InChI=1S/C29H36N6O4S/c1-4-39-22-13-9-8-12-21(22)35(29(38)26-23(30)24(27(31)36)33-40-26)25(18-14-16-20(17-15-18)34(2)3)28(37)32-19-10-6-5-7-11-19/h8-9,12-17,19,25H,4-7,10-11,30H2,1-3H3,(H2,31,36)(H,32,37)/t25-/m0/s1. The van der Waals surface area contributed by atoms with Gasteiger partial charge in [-0.05, 0) is 61.1 Å². The molecule has 10 nitrogen and oxygen atoms in total. The zero-order chi connectivity index (χ0) is 28.8. The number of carbonyl (C=O) groups is 3. The Bertz CT molecular complexity index is 1350. The summed E-state index contributed by atoms with van der Waals surface area (Å²) in [4.78, 5) is 43.8. The first kappa shape index (κ1) is 28.9. The van der Waals surface area contributed by atoms with Crippen LogP contribution in [-0.2, 0) is 4.79 Å². The number of nitrogen functional groups attached to an aromatic ring is 1. The van der Waals surface area contributed by atoms with Crippen LogP contribution < -0.4 is 31.3 Å². The van der Waals surface area contributed by atoms with Crippen molar-refractivity contribution >= 4 is 46.3 Å². The van der Waals surface area contributed by atoms with E-state index < -0.39 is 17.9 Å². The molecule has 1 aliphatic rings. The van der Waals surface area contributed by atoms with Crippen LogP contribution in [0.3, 0.4) is 0 Å². The molecule has 0 spiro atoms. The molecule has 1 atom stereocenters.